The van der Waals surface area contributed by atoms with Gasteiger partial charge in [0.05, 0.1) is 12.7 Å². The van der Waals surface area contributed by atoms with Crippen LogP contribution in [-0.4, -0.2) is 44.5 Å². The summed E-state index contributed by atoms with van der Waals surface area (Å²) in [7, 11) is 1.69. The lowest BCUT2D eigenvalue weighted by Crippen LogP contribution is -2.46. The Morgan fingerprint density at radius 1 is 1.22 bits per heavy atom. The molecule has 1 aliphatic rings. The number of fused-ring (bicyclic) bond motifs is 1. The first-order valence-corrected chi connectivity index (χ1v) is 8.79. The van der Waals surface area contributed by atoms with Crippen molar-refractivity contribution in [3.8, 4) is 0 Å². The molecule has 0 radical (unpaired) electrons. The van der Waals surface area contributed by atoms with E-state index in [9.17, 15) is 9.59 Å². The van der Waals surface area contributed by atoms with Gasteiger partial charge in [0.1, 0.15) is 17.6 Å². The molecule has 0 fully saturated rings. The summed E-state index contributed by atoms with van der Waals surface area (Å²) in [6.45, 7) is 1.14. The Kier molecular flexibility index (Phi) is 4.45. The van der Waals surface area contributed by atoms with Gasteiger partial charge in [-0.15, -0.1) is 0 Å². The number of likely N-dealkylation sites (N-methyl/N-ethyl adjacent to an activating group) is 1. The molecular formula is C19H20N6O2. The van der Waals surface area contributed by atoms with Gasteiger partial charge in [-0.1, -0.05) is 30.3 Å². The number of carbonyl (C=O) groups excluding carboxylic acids is 2. The topological polar surface area (TPSA) is 85.0 Å². The Bertz CT molecular complexity index is 962. The van der Waals surface area contributed by atoms with Crippen LogP contribution in [0.3, 0.4) is 0 Å². The molecule has 2 aromatic heterocycles. The minimum absolute atomic E-state index is 0.161. The van der Waals surface area contributed by atoms with Gasteiger partial charge in [-0.2, -0.15) is 10.2 Å². The number of carbonyl (C=O) groups is 2. The number of aromatic nitrogens is 4. The van der Waals surface area contributed by atoms with Crippen LogP contribution in [-0.2, 0) is 17.9 Å². The van der Waals surface area contributed by atoms with Gasteiger partial charge in [-0.3, -0.25) is 19.2 Å². The smallest absolute Gasteiger partial charge is 0.272 e. The van der Waals surface area contributed by atoms with Crippen LogP contribution in [0.4, 0.5) is 5.82 Å². The van der Waals surface area contributed by atoms with Gasteiger partial charge in [0.25, 0.3) is 11.8 Å². The zero-order valence-corrected chi connectivity index (χ0v) is 14.9. The average Bonchev–Trinajstić information content (AvgIpc) is 3.32. The summed E-state index contributed by atoms with van der Waals surface area (Å²) in [6.07, 6.45) is 3.91. The largest absolute Gasteiger partial charge is 0.339 e. The molecule has 138 valence electrons. The second-order valence-electron chi connectivity index (χ2n) is 6.51. The third-order valence-electron chi connectivity index (χ3n) is 4.66. The van der Waals surface area contributed by atoms with Crippen LogP contribution < -0.4 is 10.2 Å². The summed E-state index contributed by atoms with van der Waals surface area (Å²) in [5, 5.41) is 11.4. The van der Waals surface area contributed by atoms with Crippen molar-refractivity contribution < 1.29 is 9.59 Å². The van der Waals surface area contributed by atoms with Crippen LogP contribution in [0, 0.1) is 0 Å². The Morgan fingerprint density at radius 2 is 2.04 bits per heavy atom. The monoisotopic (exact) mass is 364 g/mol. The predicted molar refractivity (Wildman–Crippen MR) is 99.3 cm³/mol. The van der Waals surface area contributed by atoms with Crippen LogP contribution in [0.5, 0.6) is 0 Å². The van der Waals surface area contributed by atoms with E-state index in [0.717, 1.165) is 11.4 Å². The molecule has 1 aromatic carbocycles. The Balaban J connectivity index is 1.43. The molecule has 0 saturated carbocycles. The molecule has 0 spiro atoms. The molecule has 4 rings (SSSR count). The predicted octanol–water partition coefficient (Wildman–Crippen LogP) is 1.29. The Hall–Kier alpha value is -3.42. The number of benzene rings is 1. The quantitative estimate of drug-likeness (QED) is 0.756. The lowest BCUT2D eigenvalue weighted by molar-refractivity contribution is -0.120. The molecule has 0 aliphatic carbocycles. The molecule has 3 heterocycles. The van der Waals surface area contributed by atoms with Crippen molar-refractivity contribution in [3.05, 3.63) is 66.1 Å². The molecule has 27 heavy (non-hydrogen) atoms. The first kappa shape index (κ1) is 17.0. The van der Waals surface area contributed by atoms with E-state index in [1.165, 1.54) is 4.90 Å². The molecule has 8 heteroatoms. The standard InChI is InChI=1S/C19H20N6O2/c1-23-17-7-10-20-25(17)12-9-16(19(23)27)21-18(26)15-8-11-24(22-15)13-14-5-3-2-4-6-14/h2-8,10-11,16H,9,12-13H2,1H3,(H,21,26)/t16-/m0/s1. The molecule has 1 N–H and O–H groups in total. The number of nitrogens with one attached hydrogen (secondary N) is 1. The van der Waals surface area contributed by atoms with Crippen LogP contribution >= 0.6 is 0 Å². The highest BCUT2D eigenvalue weighted by Gasteiger charge is 2.30. The Morgan fingerprint density at radius 3 is 2.85 bits per heavy atom. The van der Waals surface area contributed by atoms with Gasteiger partial charge in [0, 0.05) is 25.9 Å². The Labute approximate surface area is 156 Å². The third-order valence-corrected chi connectivity index (χ3v) is 4.66. The molecule has 3 aromatic rings. The van der Waals surface area contributed by atoms with Crippen molar-refractivity contribution in [3.63, 3.8) is 0 Å². The number of anilines is 1. The van der Waals surface area contributed by atoms with Gasteiger partial charge < -0.3 is 5.32 Å². The van der Waals surface area contributed by atoms with E-state index in [0.29, 0.717) is 25.2 Å². The zero-order valence-electron chi connectivity index (χ0n) is 14.9. The van der Waals surface area contributed by atoms with Crippen LogP contribution in [0.2, 0.25) is 0 Å². The number of nitrogens with zero attached hydrogens (tertiary/aromatic N) is 5. The first-order chi connectivity index (χ1) is 13.1. The summed E-state index contributed by atoms with van der Waals surface area (Å²) in [5.74, 6) is 0.211. The second-order valence-corrected chi connectivity index (χ2v) is 6.51. The van der Waals surface area contributed by atoms with E-state index in [-0.39, 0.29) is 11.8 Å². The molecule has 1 atom stereocenters. The summed E-state index contributed by atoms with van der Waals surface area (Å²) in [5.41, 5.74) is 1.39. The molecule has 0 bridgehead atoms. The van der Waals surface area contributed by atoms with Gasteiger partial charge in [-0.05, 0) is 18.1 Å². The van der Waals surface area contributed by atoms with Crippen LogP contribution in [0.1, 0.15) is 22.5 Å². The van der Waals surface area contributed by atoms with Crippen molar-refractivity contribution >= 4 is 17.6 Å². The van der Waals surface area contributed by atoms with Crippen molar-refractivity contribution in [2.24, 2.45) is 0 Å². The maximum Gasteiger partial charge on any atom is 0.272 e. The fourth-order valence-corrected chi connectivity index (χ4v) is 3.21. The van der Waals surface area contributed by atoms with E-state index >= 15 is 0 Å². The van der Waals surface area contributed by atoms with Gasteiger partial charge in [-0.25, -0.2) is 4.68 Å². The summed E-state index contributed by atoms with van der Waals surface area (Å²) in [6, 6.07) is 12.7. The highest BCUT2D eigenvalue weighted by atomic mass is 16.2. The number of amides is 2. The highest BCUT2D eigenvalue weighted by molar-refractivity contribution is 6.01. The van der Waals surface area contributed by atoms with Crippen molar-refractivity contribution in [1.29, 1.82) is 0 Å². The normalized spacial score (nSPS) is 16.7. The molecular weight excluding hydrogens is 344 g/mol. The van der Waals surface area contributed by atoms with E-state index in [2.05, 4.69) is 15.5 Å². The average molecular weight is 364 g/mol. The van der Waals surface area contributed by atoms with Gasteiger partial charge in [0.2, 0.25) is 0 Å². The summed E-state index contributed by atoms with van der Waals surface area (Å²) < 4.78 is 3.47. The van der Waals surface area contributed by atoms with E-state index in [1.807, 2.05) is 30.3 Å². The molecule has 0 saturated heterocycles. The lowest BCUT2D eigenvalue weighted by Gasteiger charge is -2.20. The molecule has 8 nitrogen and oxygen atoms in total. The number of aryl methyl sites for hydroxylation is 1. The van der Waals surface area contributed by atoms with Crippen molar-refractivity contribution in [1.82, 2.24) is 24.9 Å². The minimum atomic E-state index is -0.608. The van der Waals surface area contributed by atoms with E-state index in [4.69, 9.17) is 0 Å². The second kappa shape index (κ2) is 7.06. The summed E-state index contributed by atoms with van der Waals surface area (Å²) in [4.78, 5) is 26.8. The van der Waals surface area contributed by atoms with Gasteiger partial charge >= 0.3 is 0 Å². The van der Waals surface area contributed by atoms with Crippen LogP contribution in [0.15, 0.2) is 54.9 Å². The first-order valence-electron chi connectivity index (χ1n) is 8.79. The fourth-order valence-electron chi connectivity index (χ4n) is 3.21. The molecule has 2 amide bonds. The highest BCUT2D eigenvalue weighted by Crippen LogP contribution is 2.19. The number of hydrogen-bond acceptors (Lipinski definition) is 4. The number of hydrogen-bond donors (Lipinski definition) is 1. The fraction of sp³-hybridized carbons (Fsp3) is 0.263. The SMILES string of the molecule is CN1C(=O)[C@@H](NC(=O)c2ccn(Cc3ccccc3)n2)CCn2nccc21. The third kappa shape index (κ3) is 3.46. The molecule has 1 aliphatic heterocycles. The summed E-state index contributed by atoms with van der Waals surface area (Å²) >= 11 is 0. The van der Waals surface area contributed by atoms with Crippen LogP contribution in [0.25, 0.3) is 0 Å². The van der Waals surface area contributed by atoms with E-state index in [1.54, 1.807) is 40.9 Å². The van der Waals surface area contributed by atoms with Crippen molar-refractivity contribution in [2.45, 2.75) is 25.6 Å². The molecule has 0 unspecified atom stereocenters. The lowest BCUT2D eigenvalue weighted by atomic mass is 10.2. The maximum absolute atomic E-state index is 12.7. The van der Waals surface area contributed by atoms with Crippen molar-refractivity contribution in [2.75, 3.05) is 11.9 Å². The minimum Gasteiger partial charge on any atom is -0.339 e. The maximum atomic E-state index is 12.7. The zero-order chi connectivity index (χ0) is 18.8. The van der Waals surface area contributed by atoms with Gasteiger partial charge in [0.15, 0.2) is 0 Å². The van der Waals surface area contributed by atoms with E-state index < -0.39 is 6.04 Å². The number of rotatable bonds is 4.